The molecule has 0 unspecified atom stereocenters. The zero-order chi connectivity index (χ0) is 21.1. The van der Waals surface area contributed by atoms with Crippen molar-refractivity contribution in [2.45, 2.75) is 52.0 Å². The van der Waals surface area contributed by atoms with Crippen LogP contribution in [-0.4, -0.2) is 50.8 Å². The Morgan fingerprint density at radius 1 is 1.20 bits per heavy atom. The van der Waals surface area contributed by atoms with Crippen LogP contribution in [0, 0.1) is 11.8 Å². The molecule has 0 radical (unpaired) electrons. The molecule has 9 nitrogen and oxygen atoms in total. The molecule has 0 spiro atoms. The van der Waals surface area contributed by atoms with Crippen LogP contribution in [0.2, 0.25) is 0 Å². The van der Waals surface area contributed by atoms with Gasteiger partial charge in [0.1, 0.15) is 0 Å². The highest BCUT2D eigenvalue weighted by molar-refractivity contribution is 6.05. The van der Waals surface area contributed by atoms with Crippen LogP contribution < -0.4 is 0 Å². The number of aromatic nitrogens is 2. The Balaban J connectivity index is 1.37. The molecule has 4 rings (SSSR count). The van der Waals surface area contributed by atoms with Crippen LogP contribution in [0.25, 0.3) is 11.7 Å². The molecule has 2 atom stereocenters. The molecule has 1 aliphatic heterocycles. The van der Waals surface area contributed by atoms with Crippen molar-refractivity contribution in [3.63, 3.8) is 0 Å². The Morgan fingerprint density at radius 3 is 2.57 bits per heavy atom. The Hall–Kier alpha value is -2.97. The average molecular weight is 414 g/mol. The van der Waals surface area contributed by atoms with E-state index in [0.29, 0.717) is 18.2 Å². The number of fused-ring (bicyclic) bond motifs is 1. The normalized spacial score (nSPS) is 21.2. The molecule has 1 saturated heterocycles. The summed E-state index contributed by atoms with van der Waals surface area (Å²) in [4.78, 5) is 40.9. The molecule has 0 N–H and O–H groups in total. The highest BCUT2D eigenvalue weighted by Gasteiger charge is 2.47. The van der Waals surface area contributed by atoms with Gasteiger partial charge in [0, 0.05) is 19.5 Å². The van der Waals surface area contributed by atoms with Crippen molar-refractivity contribution in [2.75, 3.05) is 13.1 Å². The second-order valence-electron chi connectivity index (χ2n) is 7.87. The highest BCUT2D eigenvalue weighted by Crippen LogP contribution is 2.38. The van der Waals surface area contributed by atoms with Gasteiger partial charge in [0.15, 0.2) is 5.76 Å². The predicted octanol–water partition coefficient (Wildman–Crippen LogP) is 2.63. The number of carbonyl (C=O) groups excluding carboxylic acids is 3. The predicted molar refractivity (Wildman–Crippen MR) is 104 cm³/mol. The first-order valence-corrected chi connectivity index (χ1v) is 10.6. The molecule has 0 bridgehead atoms. The van der Waals surface area contributed by atoms with Crippen molar-refractivity contribution < 1.29 is 23.2 Å². The van der Waals surface area contributed by atoms with E-state index in [-0.39, 0.29) is 55.0 Å². The molecule has 1 aliphatic carbocycles. The first-order valence-electron chi connectivity index (χ1n) is 10.6. The van der Waals surface area contributed by atoms with Crippen LogP contribution >= 0.6 is 0 Å². The molecule has 160 valence electrons. The monoisotopic (exact) mass is 414 g/mol. The Kier molecular flexibility index (Phi) is 5.96. The molecule has 3 amide bonds. The number of imide groups is 1. The maximum absolute atomic E-state index is 12.8. The van der Waals surface area contributed by atoms with Crippen LogP contribution in [0.5, 0.6) is 0 Å². The van der Waals surface area contributed by atoms with Crippen LogP contribution in [-0.2, 0) is 20.9 Å². The summed E-state index contributed by atoms with van der Waals surface area (Å²) in [6.07, 6.45) is 5.90. The van der Waals surface area contributed by atoms with Gasteiger partial charge in [-0.15, -0.1) is 10.2 Å². The highest BCUT2D eigenvalue weighted by atomic mass is 16.4. The number of rotatable bonds is 8. The molecule has 2 fully saturated rings. The first-order chi connectivity index (χ1) is 14.6. The van der Waals surface area contributed by atoms with E-state index in [0.717, 1.165) is 32.1 Å². The SMILES string of the molecule is CCCN(Cc1nnc(-c2ccco2)o1)C(=O)CCN1C(=O)[C@@H]2CCCC[C@H]2C1=O. The third-order valence-corrected chi connectivity index (χ3v) is 5.85. The molecule has 2 aromatic rings. The largest absolute Gasteiger partial charge is 0.459 e. The molecule has 1 saturated carbocycles. The van der Waals surface area contributed by atoms with Gasteiger partial charge in [-0.05, 0) is 31.4 Å². The summed E-state index contributed by atoms with van der Waals surface area (Å²) < 4.78 is 10.8. The fraction of sp³-hybridized carbons (Fsp3) is 0.571. The average Bonchev–Trinajstić information content (AvgIpc) is 3.48. The number of hydrogen-bond acceptors (Lipinski definition) is 7. The molecule has 3 heterocycles. The lowest BCUT2D eigenvalue weighted by Crippen LogP contribution is -2.37. The van der Waals surface area contributed by atoms with Gasteiger partial charge in [-0.1, -0.05) is 19.8 Å². The van der Waals surface area contributed by atoms with Crippen molar-refractivity contribution in [1.29, 1.82) is 0 Å². The van der Waals surface area contributed by atoms with Gasteiger partial charge in [0.2, 0.25) is 23.6 Å². The molecule has 2 aromatic heterocycles. The summed E-state index contributed by atoms with van der Waals surface area (Å²) in [5.41, 5.74) is 0. The summed E-state index contributed by atoms with van der Waals surface area (Å²) in [7, 11) is 0. The summed E-state index contributed by atoms with van der Waals surface area (Å²) in [6.45, 7) is 2.80. The molecular weight excluding hydrogens is 388 g/mol. The molecule has 9 heteroatoms. The third kappa shape index (κ3) is 4.01. The van der Waals surface area contributed by atoms with Crippen LogP contribution in [0.3, 0.4) is 0 Å². The minimum atomic E-state index is -0.188. The number of amides is 3. The second kappa shape index (κ2) is 8.81. The van der Waals surface area contributed by atoms with E-state index in [4.69, 9.17) is 8.83 Å². The fourth-order valence-electron chi connectivity index (χ4n) is 4.36. The first kappa shape index (κ1) is 20.3. The van der Waals surface area contributed by atoms with E-state index in [1.807, 2.05) is 6.92 Å². The van der Waals surface area contributed by atoms with Gasteiger partial charge in [-0.3, -0.25) is 19.3 Å². The van der Waals surface area contributed by atoms with E-state index >= 15 is 0 Å². The summed E-state index contributed by atoms with van der Waals surface area (Å²) in [5.74, 6) is 0.286. The van der Waals surface area contributed by atoms with Crippen molar-refractivity contribution >= 4 is 17.7 Å². The zero-order valence-corrected chi connectivity index (χ0v) is 17.1. The minimum Gasteiger partial charge on any atom is -0.459 e. The number of nitrogens with zero attached hydrogens (tertiary/aromatic N) is 4. The molecule has 30 heavy (non-hydrogen) atoms. The summed E-state index contributed by atoms with van der Waals surface area (Å²) in [5, 5.41) is 7.95. The number of hydrogen-bond donors (Lipinski definition) is 0. The van der Waals surface area contributed by atoms with E-state index in [9.17, 15) is 14.4 Å². The maximum atomic E-state index is 12.8. The van der Waals surface area contributed by atoms with Crippen molar-refractivity contribution in [3.05, 3.63) is 24.3 Å². The van der Waals surface area contributed by atoms with Crippen LogP contribution in [0.15, 0.2) is 27.2 Å². The number of furan rings is 1. The Labute approximate surface area is 174 Å². The molecule has 0 aromatic carbocycles. The van der Waals surface area contributed by atoms with Gasteiger partial charge in [-0.2, -0.15) is 0 Å². The smallest absolute Gasteiger partial charge is 0.283 e. The Bertz CT molecular complexity index is 882. The maximum Gasteiger partial charge on any atom is 0.283 e. The second-order valence-corrected chi connectivity index (χ2v) is 7.87. The number of likely N-dealkylation sites (tertiary alicyclic amines) is 1. The van der Waals surface area contributed by atoms with Gasteiger partial charge >= 0.3 is 0 Å². The van der Waals surface area contributed by atoms with E-state index in [1.165, 1.54) is 11.2 Å². The van der Waals surface area contributed by atoms with E-state index in [2.05, 4.69) is 10.2 Å². The Morgan fingerprint density at radius 2 is 1.93 bits per heavy atom. The van der Waals surface area contributed by atoms with E-state index < -0.39 is 0 Å². The third-order valence-electron chi connectivity index (χ3n) is 5.85. The lowest BCUT2D eigenvalue weighted by atomic mass is 9.81. The standard InChI is InChI=1S/C21H26N4O5/c1-2-10-24(13-17-22-23-19(30-17)16-8-5-12-29-16)18(26)9-11-25-20(27)14-6-3-4-7-15(14)21(25)28/h5,8,12,14-15H,2-4,6-7,9-11,13H2,1H3/t14-,15-/m1/s1. The summed E-state index contributed by atoms with van der Waals surface area (Å²) >= 11 is 0. The minimum absolute atomic E-state index is 0.0934. The quantitative estimate of drug-likeness (QED) is 0.611. The lowest BCUT2D eigenvalue weighted by molar-refractivity contribution is -0.141. The molecular formula is C21H26N4O5. The van der Waals surface area contributed by atoms with Gasteiger partial charge < -0.3 is 13.7 Å². The fourth-order valence-corrected chi connectivity index (χ4v) is 4.36. The zero-order valence-electron chi connectivity index (χ0n) is 17.1. The van der Waals surface area contributed by atoms with Gasteiger partial charge in [0.25, 0.3) is 5.89 Å². The van der Waals surface area contributed by atoms with Gasteiger partial charge in [0.05, 0.1) is 24.6 Å². The van der Waals surface area contributed by atoms with Crippen LogP contribution in [0.1, 0.15) is 51.3 Å². The lowest BCUT2D eigenvalue weighted by Gasteiger charge is -2.22. The van der Waals surface area contributed by atoms with Crippen molar-refractivity contribution in [2.24, 2.45) is 11.8 Å². The van der Waals surface area contributed by atoms with E-state index in [1.54, 1.807) is 17.0 Å². The number of carbonyl (C=O) groups is 3. The van der Waals surface area contributed by atoms with Crippen molar-refractivity contribution in [3.8, 4) is 11.7 Å². The van der Waals surface area contributed by atoms with Crippen LogP contribution in [0.4, 0.5) is 0 Å². The summed E-state index contributed by atoms with van der Waals surface area (Å²) in [6, 6.07) is 3.44. The van der Waals surface area contributed by atoms with Crippen molar-refractivity contribution in [1.82, 2.24) is 20.0 Å². The topological polar surface area (TPSA) is 110 Å². The molecule has 2 aliphatic rings. The van der Waals surface area contributed by atoms with Gasteiger partial charge in [-0.25, -0.2) is 0 Å².